The van der Waals surface area contributed by atoms with Gasteiger partial charge in [0.1, 0.15) is 0 Å². The molecule has 0 spiro atoms. The van der Waals surface area contributed by atoms with Crippen molar-refractivity contribution in [2.75, 3.05) is 0 Å². The Kier molecular flexibility index (Phi) is 5.16. The van der Waals surface area contributed by atoms with Gasteiger partial charge in [-0.15, -0.1) is 0 Å². The van der Waals surface area contributed by atoms with Gasteiger partial charge in [-0.1, -0.05) is 36.4 Å². The summed E-state index contributed by atoms with van der Waals surface area (Å²) in [6.07, 6.45) is 6.23. The number of hydrogen-bond donors (Lipinski definition) is 3. The monoisotopic (exact) mass is 400 g/mol. The zero-order chi connectivity index (χ0) is 20.9. The van der Waals surface area contributed by atoms with Gasteiger partial charge in [-0.3, -0.25) is 25.2 Å². The van der Waals surface area contributed by atoms with E-state index < -0.39 is 17.4 Å². The zero-order valence-electron chi connectivity index (χ0n) is 15.6. The molecule has 2 aromatic carbocycles. The van der Waals surface area contributed by atoms with E-state index in [1.807, 2.05) is 30.3 Å². The van der Waals surface area contributed by atoms with Gasteiger partial charge in [0, 0.05) is 23.2 Å². The quantitative estimate of drug-likeness (QED) is 0.355. The highest BCUT2D eigenvalue weighted by Crippen LogP contribution is 2.12. The lowest BCUT2D eigenvalue weighted by molar-refractivity contribution is -0.117. The van der Waals surface area contributed by atoms with Crippen LogP contribution in [0.25, 0.3) is 22.5 Å². The van der Waals surface area contributed by atoms with Crippen LogP contribution in [0.1, 0.15) is 16.1 Å². The Morgan fingerprint density at radius 1 is 0.967 bits per heavy atom. The lowest BCUT2D eigenvalue weighted by atomic mass is 10.1. The number of para-hydroxylation sites is 1. The van der Waals surface area contributed by atoms with Gasteiger partial charge in [-0.05, 0) is 24.3 Å². The third-order valence-corrected chi connectivity index (χ3v) is 4.26. The molecule has 9 nitrogen and oxygen atoms in total. The lowest BCUT2D eigenvalue weighted by Gasteiger charge is -2.06. The first-order valence-corrected chi connectivity index (χ1v) is 8.98. The molecule has 0 aliphatic carbocycles. The van der Waals surface area contributed by atoms with Gasteiger partial charge in [0.2, 0.25) is 0 Å². The third-order valence-electron chi connectivity index (χ3n) is 4.26. The molecular formula is C21H16N6O3. The Balaban J connectivity index is 1.40. The van der Waals surface area contributed by atoms with Crippen molar-refractivity contribution in [2.24, 2.45) is 0 Å². The Morgan fingerprint density at radius 3 is 2.50 bits per heavy atom. The van der Waals surface area contributed by atoms with E-state index in [0.717, 1.165) is 5.69 Å². The molecule has 30 heavy (non-hydrogen) atoms. The van der Waals surface area contributed by atoms with Crippen molar-refractivity contribution in [3.63, 3.8) is 0 Å². The van der Waals surface area contributed by atoms with Gasteiger partial charge in [-0.2, -0.15) is 10.2 Å². The molecule has 0 atom stereocenters. The van der Waals surface area contributed by atoms with E-state index in [-0.39, 0.29) is 5.69 Å². The first-order valence-electron chi connectivity index (χ1n) is 8.98. The fourth-order valence-electron chi connectivity index (χ4n) is 2.82. The number of aromatic amines is 1. The number of H-pyrrole nitrogens is 1. The van der Waals surface area contributed by atoms with Crippen molar-refractivity contribution in [3.8, 4) is 5.69 Å². The van der Waals surface area contributed by atoms with Crippen molar-refractivity contribution >= 4 is 28.7 Å². The second-order valence-corrected chi connectivity index (χ2v) is 6.28. The molecule has 0 saturated heterocycles. The smallest absolute Gasteiger partial charge is 0.268 e. The Labute approximate surface area is 170 Å². The SMILES string of the molecule is O=C(/C=C/c1cnn(-c2ccccc2)c1)NNC(=O)c1n[nH]c(=O)c2ccccc12. The normalized spacial score (nSPS) is 10.9. The average molecular weight is 400 g/mol. The average Bonchev–Trinajstić information content (AvgIpc) is 3.26. The highest BCUT2D eigenvalue weighted by Gasteiger charge is 2.14. The van der Waals surface area contributed by atoms with Crippen LogP contribution in [-0.2, 0) is 4.79 Å². The van der Waals surface area contributed by atoms with Crippen molar-refractivity contribution in [2.45, 2.75) is 0 Å². The summed E-state index contributed by atoms with van der Waals surface area (Å²) >= 11 is 0. The molecule has 2 heterocycles. The fourth-order valence-corrected chi connectivity index (χ4v) is 2.82. The molecule has 3 N–H and O–H groups in total. The van der Waals surface area contributed by atoms with Crippen molar-refractivity contribution < 1.29 is 9.59 Å². The van der Waals surface area contributed by atoms with Gasteiger partial charge < -0.3 is 0 Å². The summed E-state index contributed by atoms with van der Waals surface area (Å²) in [5.74, 6) is -1.19. The predicted octanol–water partition coefficient (Wildman–Crippen LogP) is 1.58. The number of rotatable bonds is 4. The lowest BCUT2D eigenvalue weighted by Crippen LogP contribution is -2.41. The van der Waals surface area contributed by atoms with Gasteiger partial charge >= 0.3 is 0 Å². The van der Waals surface area contributed by atoms with Crippen LogP contribution in [0.15, 0.2) is 77.9 Å². The summed E-state index contributed by atoms with van der Waals surface area (Å²) in [5.41, 5.74) is 5.78. The van der Waals surface area contributed by atoms with E-state index in [1.54, 1.807) is 47.4 Å². The number of aromatic nitrogens is 4. The summed E-state index contributed by atoms with van der Waals surface area (Å²) < 4.78 is 1.69. The minimum absolute atomic E-state index is 0.00128. The van der Waals surface area contributed by atoms with Crippen molar-refractivity contribution in [1.29, 1.82) is 0 Å². The molecular weight excluding hydrogens is 384 g/mol. The van der Waals surface area contributed by atoms with Crippen molar-refractivity contribution in [3.05, 3.63) is 94.7 Å². The largest absolute Gasteiger partial charge is 0.290 e. The number of hydrazine groups is 1. The number of fused-ring (bicyclic) bond motifs is 1. The number of nitrogens with one attached hydrogen (secondary N) is 3. The topological polar surface area (TPSA) is 122 Å². The van der Waals surface area contributed by atoms with Crippen LogP contribution < -0.4 is 16.4 Å². The maximum absolute atomic E-state index is 12.4. The summed E-state index contributed by atoms with van der Waals surface area (Å²) in [4.78, 5) is 36.2. The van der Waals surface area contributed by atoms with Gasteiger partial charge in [0.15, 0.2) is 5.69 Å². The molecule has 148 valence electrons. The molecule has 4 rings (SSSR count). The number of carbonyl (C=O) groups excluding carboxylic acids is 2. The third kappa shape index (κ3) is 3.99. The highest BCUT2D eigenvalue weighted by molar-refractivity contribution is 6.05. The van der Waals surface area contributed by atoms with Crippen LogP contribution in [0.5, 0.6) is 0 Å². The molecule has 0 saturated carbocycles. The maximum atomic E-state index is 12.4. The molecule has 0 aliphatic rings. The Morgan fingerprint density at radius 2 is 1.70 bits per heavy atom. The second kappa shape index (κ2) is 8.23. The summed E-state index contributed by atoms with van der Waals surface area (Å²) in [6.45, 7) is 0. The van der Waals surface area contributed by atoms with Crippen LogP contribution in [0.4, 0.5) is 0 Å². The number of amides is 2. The minimum Gasteiger partial charge on any atom is -0.268 e. The van der Waals surface area contributed by atoms with E-state index >= 15 is 0 Å². The van der Waals surface area contributed by atoms with Crippen LogP contribution in [0, 0.1) is 0 Å². The van der Waals surface area contributed by atoms with E-state index in [9.17, 15) is 14.4 Å². The number of benzene rings is 2. The van der Waals surface area contributed by atoms with Crippen LogP contribution in [-0.4, -0.2) is 31.8 Å². The molecule has 9 heteroatoms. The van der Waals surface area contributed by atoms with E-state index in [2.05, 4.69) is 26.1 Å². The zero-order valence-corrected chi connectivity index (χ0v) is 15.6. The Bertz CT molecular complexity index is 1310. The fraction of sp³-hybridized carbons (Fsp3) is 0. The molecule has 4 aromatic rings. The van der Waals surface area contributed by atoms with E-state index in [0.29, 0.717) is 16.3 Å². The minimum atomic E-state index is -0.652. The molecule has 2 amide bonds. The summed E-state index contributed by atoms with van der Waals surface area (Å²) in [6, 6.07) is 16.1. The van der Waals surface area contributed by atoms with Crippen LogP contribution in [0.2, 0.25) is 0 Å². The molecule has 0 radical (unpaired) electrons. The van der Waals surface area contributed by atoms with Gasteiger partial charge in [-0.25, -0.2) is 9.78 Å². The Hall–Kier alpha value is -4.53. The van der Waals surface area contributed by atoms with Gasteiger partial charge in [0.05, 0.1) is 17.3 Å². The van der Waals surface area contributed by atoms with Crippen LogP contribution >= 0.6 is 0 Å². The van der Waals surface area contributed by atoms with Gasteiger partial charge in [0.25, 0.3) is 17.4 Å². The molecule has 0 fully saturated rings. The molecule has 2 aromatic heterocycles. The number of nitrogens with zero attached hydrogens (tertiary/aromatic N) is 3. The first-order chi connectivity index (χ1) is 14.6. The number of carbonyl (C=O) groups is 2. The number of hydrogen-bond acceptors (Lipinski definition) is 5. The second-order valence-electron chi connectivity index (χ2n) is 6.28. The highest BCUT2D eigenvalue weighted by atomic mass is 16.2. The van der Waals surface area contributed by atoms with Crippen LogP contribution in [0.3, 0.4) is 0 Å². The predicted molar refractivity (Wildman–Crippen MR) is 111 cm³/mol. The molecule has 0 aliphatic heterocycles. The molecule has 0 bridgehead atoms. The summed E-state index contributed by atoms with van der Waals surface area (Å²) in [7, 11) is 0. The first kappa shape index (κ1) is 18.8. The molecule has 0 unspecified atom stereocenters. The standard InChI is InChI=1S/C21H16N6O3/c28-18(11-10-14-12-22-27(13-14)15-6-2-1-3-7-15)23-26-21(30)19-16-8-4-5-9-17(16)20(29)25-24-19/h1-13H,(H,23,28)(H,25,29)(H,26,30)/b11-10+. The van der Waals surface area contributed by atoms with Crippen molar-refractivity contribution in [1.82, 2.24) is 30.8 Å². The summed E-state index contributed by atoms with van der Waals surface area (Å²) in [5, 5.41) is 11.0. The van der Waals surface area contributed by atoms with E-state index in [4.69, 9.17) is 0 Å². The van der Waals surface area contributed by atoms with E-state index in [1.165, 1.54) is 6.08 Å². The maximum Gasteiger partial charge on any atom is 0.290 e.